The van der Waals surface area contributed by atoms with Crippen LogP contribution in [0.3, 0.4) is 0 Å². The molecule has 2 heterocycles. The monoisotopic (exact) mass is 415 g/mol. The summed E-state index contributed by atoms with van der Waals surface area (Å²) in [5, 5.41) is 7.17. The molecule has 2 saturated carbocycles. The van der Waals surface area contributed by atoms with Crippen LogP contribution in [-0.4, -0.2) is 28.4 Å². The summed E-state index contributed by atoms with van der Waals surface area (Å²) in [7, 11) is 0. The lowest BCUT2D eigenvalue weighted by Gasteiger charge is -2.56. The molecule has 1 aliphatic heterocycles. The first-order valence-electron chi connectivity index (χ1n) is 9.37. The van der Waals surface area contributed by atoms with E-state index in [1.54, 1.807) is 0 Å². The summed E-state index contributed by atoms with van der Waals surface area (Å²) in [6.07, 6.45) is 8.95. The Kier molecular flexibility index (Phi) is 3.52. The first-order chi connectivity index (χ1) is 12.5. The van der Waals surface area contributed by atoms with Crippen LogP contribution in [0.25, 0.3) is 10.9 Å². The number of aromatic amines is 1. The van der Waals surface area contributed by atoms with Crippen molar-refractivity contribution in [2.45, 2.75) is 56.5 Å². The van der Waals surface area contributed by atoms with Gasteiger partial charge in [-0.05, 0) is 54.9 Å². The fraction of sp³-hybridized carbons (Fsp3) is 0.500. The number of fused-ring (bicyclic) bond motifs is 1. The van der Waals surface area contributed by atoms with E-state index in [0.29, 0.717) is 11.8 Å². The Hall–Kier alpha value is -1.82. The van der Waals surface area contributed by atoms with Crippen LogP contribution in [0.2, 0.25) is 0 Å². The maximum absolute atomic E-state index is 12.8. The number of amides is 2. The maximum Gasteiger partial charge on any atom is 0.246 e. The van der Waals surface area contributed by atoms with Gasteiger partial charge in [-0.15, -0.1) is 0 Å². The number of halogens is 1. The molecule has 26 heavy (non-hydrogen) atoms. The number of aromatic nitrogens is 1. The molecule has 2 aliphatic carbocycles. The number of H-pyrrole nitrogens is 1. The van der Waals surface area contributed by atoms with Crippen molar-refractivity contribution < 1.29 is 9.59 Å². The highest BCUT2D eigenvalue weighted by molar-refractivity contribution is 9.10. The molecule has 5 nitrogen and oxygen atoms in total. The first-order valence-corrected chi connectivity index (χ1v) is 10.2. The zero-order chi connectivity index (χ0) is 17.9. The third-order valence-corrected chi connectivity index (χ3v) is 7.08. The number of nitrogens with one attached hydrogen (secondary N) is 3. The summed E-state index contributed by atoms with van der Waals surface area (Å²) in [6.45, 7) is 0. The van der Waals surface area contributed by atoms with Gasteiger partial charge in [0.25, 0.3) is 0 Å². The second-order valence-electron chi connectivity index (χ2n) is 8.37. The van der Waals surface area contributed by atoms with Gasteiger partial charge < -0.3 is 15.6 Å². The summed E-state index contributed by atoms with van der Waals surface area (Å²) in [4.78, 5) is 28.8. The molecule has 1 saturated heterocycles. The van der Waals surface area contributed by atoms with E-state index in [-0.39, 0.29) is 11.8 Å². The molecule has 6 heteroatoms. The second-order valence-corrected chi connectivity index (χ2v) is 9.28. The Balaban J connectivity index is 1.33. The van der Waals surface area contributed by atoms with Crippen LogP contribution in [0.5, 0.6) is 0 Å². The van der Waals surface area contributed by atoms with E-state index < -0.39 is 11.6 Å². The standard InChI is InChI=1S/C20H22BrN3O2/c21-13-3-4-15-14(8-13)12(9-22-15)7-16-17(25)24-20(18(26)23-16)10-19(11-20)5-1-2-6-19/h3-4,8-9,16,22H,1-2,5-7,10-11H2,(H,23,26)(H,24,25). The average Bonchev–Trinajstić information content (AvgIpc) is 3.20. The molecule has 1 unspecified atom stereocenters. The molecular weight excluding hydrogens is 394 g/mol. The van der Waals surface area contributed by atoms with Crippen LogP contribution >= 0.6 is 15.9 Å². The van der Waals surface area contributed by atoms with E-state index in [1.165, 1.54) is 25.7 Å². The van der Waals surface area contributed by atoms with E-state index in [1.807, 2.05) is 24.4 Å². The molecule has 3 aliphatic rings. The first kappa shape index (κ1) is 16.4. The molecule has 5 rings (SSSR count). The molecule has 136 valence electrons. The predicted molar refractivity (Wildman–Crippen MR) is 103 cm³/mol. The Bertz CT molecular complexity index is 905. The van der Waals surface area contributed by atoms with Crippen molar-refractivity contribution in [1.82, 2.24) is 15.6 Å². The number of benzene rings is 1. The van der Waals surface area contributed by atoms with E-state index in [4.69, 9.17) is 0 Å². The number of piperazine rings is 1. The highest BCUT2D eigenvalue weighted by Gasteiger charge is 2.61. The van der Waals surface area contributed by atoms with Gasteiger partial charge >= 0.3 is 0 Å². The molecule has 1 atom stereocenters. The number of carbonyl (C=O) groups is 2. The number of hydrogen-bond acceptors (Lipinski definition) is 2. The van der Waals surface area contributed by atoms with Gasteiger partial charge in [-0.1, -0.05) is 28.8 Å². The zero-order valence-corrected chi connectivity index (χ0v) is 16.1. The minimum atomic E-state index is -0.652. The third kappa shape index (κ3) is 2.42. The SMILES string of the molecule is O=C1NC2(CC3(CCCC3)C2)C(=O)NC1Cc1c[nH]c2ccc(Br)cc12. The molecule has 1 aromatic heterocycles. The van der Waals surface area contributed by atoms with E-state index in [9.17, 15) is 9.59 Å². The minimum absolute atomic E-state index is 0.000599. The van der Waals surface area contributed by atoms with Crippen LogP contribution < -0.4 is 10.6 Å². The highest BCUT2D eigenvalue weighted by atomic mass is 79.9. The largest absolute Gasteiger partial charge is 0.361 e. The van der Waals surface area contributed by atoms with Gasteiger partial charge in [0.15, 0.2) is 0 Å². The Labute approximate surface area is 160 Å². The van der Waals surface area contributed by atoms with Crippen LogP contribution in [0, 0.1) is 5.41 Å². The molecule has 1 aromatic carbocycles. The molecule has 2 amide bonds. The van der Waals surface area contributed by atoms with Gasteiger partial charge in [0.1, 0.15) is 11.6 Å². The average molecular weight is 416 g/mol. The van der Waals surface area contributed by atoms with Crippen molar-refractivity contribution in [1.29, 1.82) is 0 Å². The maximum atomic E-state index is 12.8. The summed E-state index contributed by atoms with van der Waals surface area (Å²) < 4.78 is 0.998. The van der Waals surface area contributed by atoms with Crippen molar-refractivity contribution in [2.24, 2.45) is 5.41 Å². The van der Waals surface area contributed by atoms with Crippen molar-refractivity contribution in [3.05, 3.63) is 34.4 Å². The smallest absolute Gasteiger partial charge is 0.246 e. The summed E-state index contributed by atoms with van der Waals surface area (Å²) >= 11 is 3.50. The van der Waals surface area contributed by atoms with E-state index >= 15 is 0 Å². The Morgan fingerprint density at radius 3 is 2.69 bits per heavy atom. The molecule has 2 aromatic rings. The van der Waals surface area contributed by atoms with Gasteiger partial charge in [-0.2, -0.15) is 0 Å². The predicted octanol–water partition coefficient (Wildman–Crippen LogP) is 3.18. The zero-order valence-electron chi connectivity index (χ0n) is 14.5. The number of rotatable bonds is 2. The minimum Gasteiger partial charge on any atom is -0.361 e. The van der Waals surface area contributed by atoms with Crippen molar-refractivity contribution in [2.75, 3.05) is 0 Å². The lowest BCUT2D eigenvalue weighted by molar-refractivity contribution is -0.152. The van der Waals surface area contributed by atoms with Crippen molar-refractivity contribution >= 4 is 38.6 Å². The lowest BCUT2D eigenvalue weighted by atomic mass is 9.55. The fourth-order valence-corrected chi connectivity index (χ4v) is 5.74. The van der Waals surface area contributed by atoms with Crippen LogP contribution in [0.4, 0.5) is 0 Å². The lowest BCUT2D eigenvalue weighted by Crippen LogP contribution is -2.75. The summed E-state index contributed by atoms with van der Waals surface area (Å²) in [5.74, 6) is -0.0533. The number of hydrogen-bond donors (Lipinski definition) is 3. The van der Waals surface area contributed by atoms with Gasteiger partial charge in [0.05, 0.1) is 0 Å². The van der Waals surface area contributed by atoms with Crippen LogP contribution in [0.1, 0.15) is 44.1 Å². The van der Waals surface area contributed by atoms with Gasteiger partial charge in [0.2, 0.25) is 11.8 Å². The van der Waals surface area contributed by atoms with E-state index in [0.717, 1.165) is 33.8 Å². The fourth-order valence-electron chi connectivity index (χ4n) is 5.38. The summed E-state index contributed by atoms with van der Waals surface area (Å²) in [6, 6.07) is 5.52. The molecule has 3 N–H and O–H groups in total. The molecular formula is C20H22BrN3O2. The topological polar surface area (TPSA) is 74.0 Å². The van der Waals surface area contributed by atoms with E-state index in [2.05, 4.69) is 31.5 Å². The van der Waals surface area contributed by atoms with Gasteiger partial charge in [-0.3, -0.25) is 9.59 Å². The molecule has 0 bridgehead atoms. The van der Waals surface area contributed by atoms with Crippen molar-refractivity contribution in [3.8, 4) is 0 Å². The number of carbonyl (C=O) groups excluding carboxylic acids is 2. The molecule has 3 fully saturated rings. The highest BCUT2D eigenvalue weighted by Crippen LogP contribution is 2.58. The molecule has 2 spiro atoms. The Morgan fingerprint density at radius 2 is 1.92 bits per heavy atom. The third-order valence-electron chi connectivity index (χ3n) is 6.59. The molecule has 0 radical (unpaired) electrons. The van der Waals surface area contributed by atoms with Crippen molar-refractivity contribution in [3.63, 3.8) is 0 Å². The quantitative estimate of drug-likeness (QED) is 0.704. The van der Waals surface area contributed by atoms with Gasteiger partial charge in [0, 0.05) is 28.0 Å². The second kappa shape index (κ2) is 5.59. The summed E-state index contributed by atoms with van der Waals surface area (Å²) in [5.41, 5.74) is 1.73. The van der Waals surface area contributed by atoms with Gasteiger partial charge in [-0.25, -0.2) is 0 Å². The normalized spacial score (nSPS) is 26.1. The Morgan fingerprint density at radius 1 is 1.15 bits per heavy atom. The van der Waals surface area contributed by atoms with Crippen LogP contribution in [0.15, 0.2) is 28.9 Å². The van der Waals surface area contributed by atoms with Crippen LogP contribution in [-0.2, 0) is 16.0 Å².